The van der Waals surface area contributed by atoms with E-state index in [9.17, 15) is 4.79 Å². The molecule has 7 nitrogen and oxygen atoms in total. The molecule has 3 aromatic rings. The van der Waals surface area contributed by atoms with Crippen LogP contribution in [0.4, 0.5) is 5.95 Å². The van der Waals surface area contributed by atoms with Gasteiger partial charge < -0.3 is 15.6 Å². The summed E-state index contributed by atoms with van der Waals surface area (Å²) in [5.74, 6) is 1.10. The Morgan fingerprint density at radius 3 is 3.12 bits per heavy atom. The molecule has 0 aliphatic carbocycles. The summed E-state index contributed by atoms with van der Waals surface area (Å²) in [6.45, 7) is 3.20. The van der Waals surface area contributed by atoms with Crippen LogP contribution < -0.4 is 16.3 Å². The van der Waals surface area contributed by atoms with Crippen molar-refractivity contribution in [3.63, 3.8) is 0 Å². The molecule has 9 heteroatoms. The highest BCUT2D eigenvalue weighted by molar-refractivity contribution is 9.10. The van der Waals surface area contributed by atoms with E-state index in [2.05, 4.69) is 41.5 Å². The van der Waals surface area contributed by atoms with Gasteiger partial charge in [0.2, 0.25) is 5.95 Å². The lowest BCUT2D eigenvalue weighted by Crippen LogP contribution is -2.19. The molecule has 4 rings (SSSR count). The second-order valence-corrected chi connectivity index (χ2v) is 7.75. The monoisotopic (exact) mass is 436 g/mol. The highest BCUT2D eigenvalue weighted by Crippen LogP contribution is 2.22. The first-order valence-corrected chi connectivity index (χ1v) is 9.61. The third-order valence-corrected chi connectivity index (χ3v) is 5.42. The van der Waals surface area contributed by atoms with Crippen LogP contribution in [-0.4, -0.2) is 39.2 Å². The Morgan fingerprint density at radius 2 is 2.31 bits per heavy atom. The molecule has 1 atom stereocenters. The molecule has 3 N–H and O–H groups in total. The zero-order valence-electron chi connectivity index (χ0n) is 13.9. The first-order valence-electron chi connectivity index (χ1n) is 8.44. The number of hydrogen-bond donors (Lipinski definition) is 3. The largest absolute Gasteiger partial charge is 0.354 e. The van der Waals surface area contributed by atoms with Crippen LogP contribution in [-0.2, 0) is 6.54 Å². The number of imidazole rings is 1. The lowest BCUT2D eigenvalue weighted by Gasteiger charge is -2.10. The van der Waals surface area contributed by atoms with E-state index in [0.29, 0.717) is 34.6 Å². The van der Waals surface area contributed by atoms with Crippen LogP contribution in [0.3, 0.4) is 0 Å². The van der Waals surface area contributed by atoms with Gasteiger partial charge in [0, 0.05) is 16.0 Å². The van der Waals surface area contributed by atoms with Crippen molar-refractivity contribution in [1.29, 1.82) is 0 Å². The molecule has 2 aromatic heterocycles. The van der Waals surface area contributed by atoms with Crippen LogP contribution in [0.1, 0.15) is 12.0 Å². The fraction of sp³-hybridized carbons (Fsp3) is 0.353. The molecule has 1 saturated heterocycles. The second kappa shape index (κ2) is 7.38. The van der Waals surface area contributed by atoms with Gasteiger partial charge >= 0.3 is 5.69 Å². The minimum absolute atomic E-state index is 0.234. The molecule has 0 saturated carbocycles. The minimum atomic E-state index is -0.234. The van der Waals surface area contributed by atoms with Crippen molar-refractivity contribution in [2.75, 3.05) is 25.0 Å². The number of benzene rings is 1. The van der Waals surface area contributed by atoms with Crippen molar-refractivity contribution in [1.82, 2.24) is 24.8 Å². The van der Waals surface area contributed by atoms with Crippen LogP contribution in [0.5, 0.6) is 0 Å². The van der Waals surface area contributed by atoms with E-state index >= 15 is 0 Å². The summed E-state index contributed by atoms with van der Waals surface area (Å²) in [6.07, 6.45) is 2.78. The first kappa shape index (κ1) is 17.5. The molecule has 3 heterocycles. The molecule has 136 valence electrons. The number of fused-ring (bicyclic) bond motifs is 1. The number of rotatable bonds is 5. The van der Waals surface area contributed by atoms with Gasteiger partial charge in [-0.1, -0.05) is 27.5 Å². The van der Waals surface area contributed by atoms with E-state index in [-0.39, 0.29) is 5.69 Å². The number of halogens is 2. The fourth-order valence-corrected chi connectivity index (χ4v) is 3.72. The number of aromatic nitrogens is 4. The van der Waals surface area contributed by atoms with Crippen molar-refractivity contribution >= 4 is 44.6 Å². The molecule has 0 amide bonds. The van der Waals surface area contributed by atoms with Gasteiger partial charge in [-0.05, 0) is 49.2 Å². The SMILES string of the molecule is O=c1[nH]c2cnc(NCC3CCNC3)nc2n1Cc1cc(Br)ccc1Cl. The van der Waals surface area contributed by atoms with E-state index < -0.39 is 0 Å². The summed E-state index contributed by atoms with van der Waals surface area (Å²) in [5, 5.41) is 7.22. The summed E-state index contributed by atoms with van der Waals surface area (Å²) in [6, 6.07) is 5.57. The number of nitrogens with zero attached hydrogens (tertiary/aromatic N) is 3. The quantitative estimate of drug-likeness (QED) is 0.571. The van der Waals surface area contributed by atoms with Crippen LogP contribution in [0.25, 0.3) is 11.2 Å². The lowest BCUT2D eigenvalue weighted by molar-refractivity contribution is 0.613. The number of aromatic amines is 1. The van der Waals surface area contributed by atoms with Gasteiger partial charge in [-0.2, -0.15) is 4.98 Å². The maximum absolute atomic E-state index is 12.4. The van der Waals surface area contributed by atoms with Gasteiger partial charge in [-0.25, -0.2) is 9.78 Å². The Morgan fingerprint density at radius 1 is 1.42 bits per heavy atom. The standard InChI is InChI=1S/C17H18BrClN6O/c18-12-1-2-13(19)11(5-12)9-25-15-14(23-17(25)26)8-22-16(24-15)21-7-10-3-4-20-6-10/h1-2,5,8,10,20H,3-4,6-7,9H2,(H,23,26)(H,21,22,24). The predicted molar refractivity (Wildman–Crippen MR) is 106 cm³/mol. The molecule has 1 fully saturated rings. The Balaban J connectivity index is 1.63. The highest BCUT2D eigenvalue weighted by Gasteiger charge is 2.16. The summed E-state index contributed by atoms with van der Waals surface area (Å²) >= 11 is 9.71. The third kappa shape index (κ3) is 3.62. The van der Waals surface area contributed by atoms with Crippen LogP contribution >= 0.6 is 27.5 Å². The number of H-pyrrole nitrogens is 1. The second-order valence-electron chi connectivity index (χ2n) is 6.42. The predicted octanol–water partition coefficient (Wildman–Crippen LogP) is 2.61. The maximum Gasteiger partial charge on any atom is 0.328 e. The van der Waals surface area contributed by atoms with Crippen molar-refractivity contribution in [3.05, 3.63) is 49.9 Å². The topological polar surface area (TPSA) is 87.6 Å². The fourth-order valence-electron chi connectivity index (χ4n) is 3.14. The first-order chi connectivity index (χ1) is 12.6. The average Bonchev–Trinajstić information content (AvgIpc) is 3.24. The Hall–Kier alpha value is -1.90. The molecule has 0 bridgehead atoms. The molecule has 1 unspecified atom stereocenters. The van der Waals surface area contributed by atoms with Crippen LogP contribution in [0.2, 0.25) is 5.02 Å². The summed E-state index contributed by atoms with van der Waals surface area (Å²) < 4.78 is 2.49. The Labute approximate surface area is 163 Å². The van der Waals surface area contributed by atoms with E-state index in [1.165, 1.54) is 0 Å². The van der Waals surface area contributed by atoms with Crippen LogP contribution in [0.15, 0.2) is 33.7 Å². The molecular formula is C17H18BrClN6O. The van der Waals surface area contributed by atoms with Crippen molar-refractivity contribution in [3.8, 4) is 0 Å². The van der Waals surface area contributed by atoms with E-state index in [1.54, 1.807) is 16.8 Å². The van der Waals surface area contributed by atoms with Gasteiger partial charge in [0.15, 0.2) is 5.65 Å². The summed E-state index contributed by atoms with van der Waals surface area (Å²) in [7, 11) is 0. The third-order valence-electron chi connectivity index (χ3n) is 4.56. The zero-order valence-corrected chi connectivity index (χ0v) is 16.3. The van der Waals surface area contributed by atoms with Crippen LogP contribution in [0, 0.1) is 5.92 Å². The number of hydrogen-bond acceptors (Lipinski definition) is 5. The highest BCUT2D eigenvalue weighted by atomic mass is 79.9. The molecule has 1 aliphatic rings. The van der Waals surface area contributed by atoms with Crippen molar-refractivity contribution in [2.45, 2.75) is 13.0 Å². The van der Waals surface area contributed by atoms with Crippen molar-refractivity contribution < 1.29 is 0 Å². The average molecular weight is 438 g/mol. The zero-order chi connectivity index (χ0) is 18.1. The van der Waals surface area contributed by atoms with Gasteiger partial charge in [0.1, 0.15) is 5.52 Å². The molecule has 0 radical (unpaired) electrons. The molecule has 0 spiro atoms. The van der Waals surface area contributed by atoms with Gasteiger partial charge in [-0.3, -0.25) is 4.57 Å². The van der Waals surface area contributed by atoms with Crippen molar-refractivity contribution in [2.24, 2.45) is 5.92 Å². The van der Waals surface area contributed by atoms with E-state index in [0.717, 1.165) is 36.1 Å². The summed E-state index contributed by atoms with van der Waals surface area (Å²) in [4.78, 5) is 24.0. The Bertz CT molecular complexity index is 995. The smallest absolute Gasteiger partial charge is 0.328 e. The molecular weight excluding hydrogens is 420 g/mol. The number of anilines is 1. The van der Waals surface area contributed by atoms with Gasteiger partial charge in [-0.15, -0.1) is 0 Å². The van der Waals surface area contributed by atoms with E-state index in [1.807, 2.05) is 12.1 Å². The normalized spacial score (nSPS) is 17.1. The Kier molecular flexibility index (Phi) is 4.97. The van der Waals surface area contributed by atoms with Gasteiger partial charge in [0.05, 0.1) is 12.7 Å². The molecule has 1 aromatic carbocycles. The summed E-state index contributed by atoms with van der Waals surface area (Å²) in [5.41, 5.74) is 1.78. The minimum Gasteiger partial charge on any atom is -0.354 e. The molecule has 1 aliphatic heterocycles. The van der Waals surface area contributed by atoms with E-state index in [4.69, 9.17) is 11.6 Å². The molecule has 26 heavy (non-hydrogen) atoms. The maximum atomic E-state index is 12.4. The lowest BCUT2D eigenvalue weighted by atomic mass is 10.1. The van der Waals surface area contributed by atoms with Gasteiger partial charge in [0.25, 0.3) is 0 Å². The number of nitrogens with one attached hydrogen (secondary N) is 3.